The van der Waals surface area contributed by atoms with E-state index in [9.17, 15) is 9.59 Å². The lowest BCUT2D eigenvalue weighted by molar-refractivity contribution is -0.139. The second kappa shape index (κ2) is 8.61. The molecule has 0 aliphatic carbocycles. The van der Waals surface area contributed by atoms with Crippen LogP contribution in [-0.4, -0.2) is 31.1 Å². The normalized spacial score (nSPS) is 13.5. The van der Waals surface area contributed by atoms with Gasteiger partial charge in [-0.25, -0.2) is 14.6 Å². The fourth-order valence-electron chi connectivity index (χ4n) is 3.18. The minimum atomic E-state index is -0.675. The van der Waals surface area contributed by atoms with Crippen molar-refractivity contribution in [1.82, 2.24) is 4.98 Å². The van der Waals surface area contributed by atoms with Gasteiger partial charge in [0, 0.05) is 16.4 Å². The Morgan fingerprint density at radius 1 is 1.03 bits per heavy atom. The van der Waals surface area contributed by atoms with Crippen molar-refractivity contribution in [2.75, 3.05) is 19.1 Å². The highest BCUT2D eigenvalue weighted by molar-refractivity contribution is 9.10. The van der Waals surface area contributed by atoms with Crippen LogP contribution in [0.4, 0.5) is 5.69 Å². The Bertz CT molecular complexity index is 1270. The summed E-state index contributed by atoms with van der Waals surface area (Å²) in [4.78, 5) is 31.1. The molecule has 1 aromatic heterocycles. The number of aromatic nitrogens is 1. The van der Waals surface area contributed by atoms with E-state index in [1.165, 1.54) is 20.3 Å². The number of allylic oxidation sites excluding steroid dienone is 2. The van der Waals surface area contributed by atoms with Crippen LogP contribution in [0.3, 0.4) is 0 Å². The van der Waals surface area contributed by atoms with Crippen molar-refractivity contribution in [3.63, 3.8) is 0 Å². The smallest absolute Gasteiger partial charge is 0.355 e. The Morgan fingerprint density at radius 3 is 2.55 bits per heavy atom. The van der Waals surface area contributed by atoms with E-state index in [2.05, 4.69) is 20.9 Å². The quantitative estimate of drug-likeness (QED) is 0.498. The van der Waals surface area contributed by atoms with Crippen molar-refractivity contribution >= 4 is 44.7 Å². The van der Waals surface area contributed by atoms with E-state index in [1.807, 2.05) is 24.3 Å². The number of halogens is 1. The van der Waals surface area contributed by atoms with E-state index in [0.717, 1.165) is 10.0 Å². The fourth-order valence-corrected chi connectivity index (χ4v) is 3.64. The molecule has 0 saturated heterocycles. The van der Waals surface area contributed by atoms with E-state index in [1.54, 1.807) is 41.5 Å². The van der Waals surface area contributed by atoms with Crippen LogP contribution in [0.2, 0.25) is 0 Å². The highest BCUT2D eigenvalue weighted by Crippen LogP contribution is 2.33. The molecule has 4 rings (SSSR count). The molecule has 0 fully saturated rings. The zero-order chi connectivity index (χ0) is 22.0. The van der Waals surface area contributed by atoms with Gasteiger partial charge in [0.1, 0.15) is 11.2 Å². The molecule has 8 heteroatoms. The van der Waals surface area contributed by atoms with Gasteiger partial charge in [0.25, 0.3) is 0 Å². The zero-order valence-electron chi connectivity index (χ0n) is 16.7. The number of fused-ring (bicyclic) bond motifs is 1. The van der Waals surface area contributed by atoms with Crippen LogP contribution in [0.1, 0.15) is 0 Å². The fraction of sp³-hybridized carbons (Fsp3) is 0.0870. The Morgan fingerprint density at radius 2 is 1.81 bits per heavy atom. The Balaban J connectivity index is 1.83. The molecule has 156 valence electrons. The molecule has 0 bridgehead atoms. The average Bonchev–Trinajstić information content (AvgIpc) is 3.08. The average molecular weight is 481 g/mol. The highest BCUT2D eigenvalue weighted by Gasteiger charge is 2.27. The second-order valence-electron chi connectivity index (χ2n) is 6.47. The zero-order valence-corrected chi connectivity index (χ0v) is 18.3. The molecule has 2 aromatic carbocycles. The van der Waals surface area contributed by atoms with Gasteiger partial charge in [0.2, 0.25) is 5.89 Å². The van der Waals surface area contributed by atoms with Gasteiger partial charge >= 0.3 is 11.9 Å². The van der Waals surface area contributed by atoms with Gasteiger partial charge in [0.05, 0.1) is 25.4 Å². The molecule has 3 aromatic rings. The predicted octanol–water partition coefficient (Wildman–Crippen LogP) is 4.75. The molecular formula is C23H17BrN2O5. The van der Waals surface area contributed by atoms with E-state index in [0.29, 0.717) is 22.7 Å². The van der Waals surface area contributed by atoms with Crippen LogP contribution in [0, 0.1) is 0 Å². The van der Waals surface area contributed by atoms with Crippen molar-refractivity contribution in [2.45, 2.75) is 0 Å². The summed E-state index contributed by atoms with van der Waals surface area (Å²) in [6.07, 6.45) is 6.52. The molecule has 0 unspecified atom stereocenters. The molecule has 2 heterocycles. The van der Waals surface area contributed by atoms with Crippen LogP contribution in [-0.2, 0) is 19.1 Å². The summed E-state index contributed by atoms with van der Waals surface area (Å²) in [5, 5.41) is 0. The molecule has 0 amide bonds. The van der Waals surface area contributed by atoms with Crippen molar-refractivity contribution in [3.8, 4) is 11.5 Å². The molecule has 0 radical (unpaired) electrons. The lowest BCUT2D eigenvalue weighted by atomic mass is 10.1. The first kappa shape index (κ1) is 20.6. The maximum atomic E-state index is 12.6. The molecule has 0 N–H and O–H groups in total. The summed E-state index contributed by atoms with van der Waals surface area (Å²) in [5.41, 5.74) is 2.71. The number of anilines is 1. The van der Waals surface area contributed by atoms with Crippen LogP contribution >= 0.6 is 15.9 Å². The number of benzene rings is 2. The van der Waals surface area contributed by atoms with Gasteiger partial charge < -0.3 is 18.8 Å². The van der Waals surface area contributed by atoms with Gasteiger partial charge in [-0.2, -0.15) is 0 Å². The number of methoxy groups -OCH3 is 2. The summed E-state index contributed by atoms with van der Waals surface area (Å²) in [7, 11) is 2.51. The van der Waals surface area contributed by atoms with E-state index in [4.69, 9.17) is 13.9 Å². The maximum absolute atomic E-state index is 12.6. The van der Waals surface area contributed by atoms with Crippen LogP contribution in [0.25, 0.3) is 22.6 Å². The third kappa shape index (κ3) is 3.89. The molecule has 7 nitrogen and oxygen atoms in total. The highest BCUT2D eigenvalue weighted by atomic mass is 79.9. The monoisotopic (exact) mass is 480 g/mol. The number of oxazole rings is 1. The van der Waals surface area contributed by atoms with Crippen molar-refractivity contribution in [1.29, 1.82) is 0 Å². The lowest BCUT2D eigenvalue weighted by Gasteiger charge is -2.22. The summed E-state index contributed by atoms with van der Waals surface area (Å²) in [5.74, 6) is -0.860. The summed E-state index contributed by atoms with van der Waals surface area (Å²) >= 11 is 3.51. The molecule has 0 saturated carbocycles. The van der Waals surface area contributed by atoms with Crippen LogP contribution in [0.15, 0.2) is 87.1 Å². The van der Waals surface area contributed by atoms with Crippen molar-refractivity contribution in [2.24, 2.45) is 0 Å². The standard InChI is InChI=1S/C23H17BrN2O5/c1-29-22(27)16-8-5-6-12-26(20(16)23(28)30-2)14-10-11-19-18(13-14)25-21(31-19)15-7-3-4-9-17(15)24/h3-13H,1-2H3. The van der Waals surface area contributed by atoms with Gasteiger partial charge in [-0.1, -0.05) is 18.2 Å². The molecule has 1 aliphatic rings. The first-order chi connectivity index (χ1) is 15.0. The Hall–Kier alpha value is -3.65. The number of carbonyl (C=O) groups is 2. The van der Waals surface area contributed by atoms with Crippen molar-refractivity contribution < 1.29 is 23.5 Å². The number of nitrogens with zero attached hydrogens (tertiary/aromatic N) is 2. The van der Waals surface area contributed by atoms with E-state index in [-0.39, 0.29) is 11.3 Å². The lowest BCUT2D eigenvalue weighted by Crippen LogP contribution is -2.26. The SMILES string of the molecule is COC(=O)C1=C(C(=O)OC)N(c2ccc3oc(-c4ccccc4Br)nc3c2)C=CC=C1. The third-order valence-corrected chi connectivity index (χ3v) is 5.33. The van der Waals surface area contributed by atoms with Crippen molar-refractivity contribution in [3.05, 3.63) is 82.6 Å². The molecular weight excluding hydrogens is 464 g/mol. The van der Waals surface area contributed by atoms with E-state index < -0.39 is 11.9 Å². The Kier molecular flexibility index (Phi) is 5.73. The molecule has 31 heavy (non-hydrogen) atoms. The van der Waals surface area contributed by atoms with Gasteiger partial charge in [-0.05, 0) is 58.4 Å². The molecule has 0 spiro atoms. The second-order valence-corrected chi connectivity index (χ2v) is 7.32. The summed E-state index contributed by atoms with van der Waals surface area (Å²) < 4.78 is 16.5. The first-order valence-corrected chi connectivity index (χ1v) is 10.0. The number of rotatable bonds is 4. The maximum Gasteiger partial charge on any atom is 0.355 e. The topological polar surface area (TPSA) is 81.9 Å². The van der Waals surface area contributed by atoms with E-state index >= 15 is 0 Å². The predicted molar refractivity (Wildman–Crippen MR) is 119 cm³/mol. The van der Waals surface area contributed by atoms with Crippen LogP contribution < -0.4 is 4.90 Å². The minimum absolute atomic E-state index is 0.0354. The number of carbonyl (C=O) groups excluding carboxylic acids is 2. The number of hydrogen-bond donors (Lipinski definition) is 0. The first-order valence-electron chi connectivity index (χ1n) is 9.24. The minimum Gasteiger partial charge on any atom is -0.465 e. The number of hydrogen-bond acceptors (Lipinski definition) is 7. The van der Waals surface area contributed by atoms with Crippen LogP contribution in [0.5, 0.6) is 0 Å². The van der Waals surface area contributed by atoms with Gasteiger partial charge in [-0.15, -0.1) is 0 Å². The van der Waals surface area contributed by atoms with Gasteiger partial charge in [-0.3, -0.25) is 0 Å². The third-order valence-electron chi connectivity index (χ3n) is 4.64. The summed E-state index contributed by atoms with van der Waals surface area (Å²) in [6.45, 7) is 0. The largest absolute Gasteiger partial charge is 0.465 e. The number of ether oxygens (including phenoxy) is 2. The molecule has 0 atom stereocenters. The molecule has 1 aliphatic heterocycles. The number of esters is 2. The Labute approximate surface area is 186 Å². The summed E-state index contributed by atoms with van der Waals surface area (Å²) in [6, 6.07) is 12.9. The van der Waals surface area contributed by atoms with Gasteiger partial charge in [0.15, 0.2) is 5.58 Å².